The maximum Gasteiger partial charge on any atom is 4.00 e. The van der Waals surface area contributed by atoms with E-state index in [0.29, 0.717) is 0 Å². The third-order valence-corrected chi connectivity index (χ3v) is 1.16. The van der Waals surface area contributed by atoms with Gasteiger partial charge >= 0.3 is 26.2 Å². The molecule has 0 saturated carbocycles. The number of allylic oxidation sites excluding steroid dienone is 1. The molecule has 0 heterocycles. The molecule has 0 aliphatic carbocycles. The van der Waals surface area contributed by atoms with E-state index in [4.69, 9.17) is 0 Å². The molecule has 0 fully saturated rings. The van der Waals surface area contributed by atoms with E-state index in [1.54, 1.807) is 42.3 Å². The molecule has 0 spiro atoms. The molecule has 1 aromatic carbocycles. The minimum absolute atomic E-state index is 0. The number of rotatable bonds is 1. The first-order valence-corrected chi connectivity index (χ1v) is 5.36. The van der Waals surface area contributed by atoms with Crippen molar-refractivity contribution in [1.29, 1.82) is 0 Å². The van der Waals surface area contributed by atoms with Gasteiger partial charge in [-0.1, -0.05) is 6.92 Å². The molecule has 0 amide bonds. The van der Waals surface area contributed by atoms with Crippen LogP contribution in [0.15, 0.2) is 30.8 Å². The van der Waals surface area contributed by atoms with E-state index in [2.05, 4.69) is 34.7 Å². The number of hydrogen-bond donors (Lipinski definition) is 0. The van der Waals surface area contributed by atoms with E-state index in [0.717, 1.165) is 5.57 Å². The van der Waals surface area contributed by atoms with Gasteiger partial charge in [-0.05, 0) is 0 Å². The van der Waals surface area contributed by atoms with Crippen LogP contribution in [0.1, 0.15) is 12.5 Å². The summed E-state index contributed by atoms with van der Waals surface area (Å²) >= 11 is 0. The normalized spacial score (nSPS) is 7.06. The molecule has 18 heavy (non-hydrogen) atoms. The van der Waals surface area contributed by atoms with Crippen molar-refractivity contribution in [2.75, 3.05) is 42.3 Å². The molecule has 3 nitrogen and oxygen atoms in total. The van der Waals surface area contributed by atoms with Gasteiger partial charge in [-0.2, -0.15) is 66.0 Å². The summed E-state index contributed by atoms with van der Waals surface area (Å²) in [5.74, 6) is 0. The molecular weight excluding hydrogens is 301 g/mol. The minimum Gasteiger partial charge on any atom is -0.668 e. The summed E-state index contributed by atoms with van der Waals surface area (Å²) in [4.78, 5) is 0. The van der Waals surface area contributed by atoms with Crippen molar-refractivity contribution in [3.05, 3.63) is 52.4 Å². The maximum atomic E-state index is 3.80. The van der Waals surface area contributed by atoms with Gasteiger partial charge in [0.15, 0.2) is 0 Å². The molecule has 0 saturated heterocycles. The first kappa shape index (κ1) is 26.4. The fourth-order valence-electron chi connectivity index (χ4n) is 0.659. The van der Waals surface area contributed by atoms with Crippen LogP contribution in [0.25, 0.3) is 21.5 Å². The minimum atomic E-state index is 0. The van der Waals surface area contributed by atoms with Gasteiger partial charge in [-0.25, -0.2) is 0 Å². The van der Waals surface area contributed by atoms with Crippen LogP contribution in [-0.4, -0.2) is 42.3 Å². The molecule has 0 atom stereocenters. The quantitative estimate of drug-likeness (QED) is 0.690. The fourth-order valence-corrected chi connectivity index (χ4v) is 0.659. The van der Waals surface area contributed by atoms with Gasteiger partial charge in [0.05, 0.1) is 0 Å². The number of nitrogens with zero attached hydrogens (tertiary/aromatic N) is 3. The first-order chi connectivity index (χ1) is 8.05. The van der Waals surface area contributed by atoms with Gasteiger partial charge in [-0.15, -0.1) is 18.2 Å². The molecule has 1 aromatic rings. The Labute approximate surface area is 133 Å². The molecule has 0 radical (unpaired) electrons. The second-order valence-electron chi connectivity index (χ2n) is 3.30. The molecule has 1 rings (SSSR count). The maximum absolute atomic E-state index is 3.80. The molecule has 0 aliphatic heterocycles. The van der Waals surface area contributed by atoms with Crippen LogP contribution in [-0.2, 0) is 26.2 Å². The van der Waals surface area contributed by atoms with Crippen LogP contribution in [0, 0.1) is 0 Å². The van der Waals surface area contributed by atoms with Crippen LogP contribution in [0.3, 0.4) is 0 Å². The standard InChI is InChI=1S/C8H9.3C2H6N.Zr/c1-7(2)8-5-3-4-6-8;3*1-3-2;/h3-6H,1H2,2H3;3*1-2H3;/q4*-1;+4. The second kappa shape index (κ2) is 25.6. The molecule has 0 unspecified atom stereocenters. The zero-order valence-corrected chi connectivity index (χ0v) is 15.3. The third kappa shape index (κ3) is 29.7. The molecule has 102 valence electrons. The first-order valence-electron chi connectivity index (χ1n) is 5.36. The van der Waals surface area contributed by atoms with Crippen LogP contribution >= 0.6 is 0 Å². The van der Waals surface area contributed by atoms with Crippen molar-refractivity contribution in [1.82, 2.24) is 0 Å². The SMILES string of the molecule is C=C(C)c1ccc[cH-]1.C[N-]C.C[N-]C.C[N-]C.[Zr+4]. The van der Waals surface area contributed by atoms with Gasteiger partial charge in [0.2, 0.25) is 0 Å². The van der Waals surface area contributed by atoms with Crippen LogP contribution in [0.4, 0.5) is 0 Å². The Kier molecular flexibility index (Phi) is 37.6. The monoisotopic (exact) mass is 327 g/mol. The van der Waals surface area contributed by atoms with Crippen LogP contribution < -0.4 is 0 Å². The van der Waals surface area contributed by atoms with Crippen molar-refractivity contribution in [3.63, 3.8) is 0 Å². The topological polar surface area (TPSA) is 42.3 Å². The molecule has 0 N–H and O–H groups in total. The van der Waals surface area contributed by atoms with E-state index in [1.807, 2.05) is 19.1 Å². The van der Waals surface area contributed by atoms with Gasteiger partial charge in [0.25, 0.3) is 0 Å². The van der Waals surface area contributed by atoms with E-state index >= 15 is 0 Å². The average Bonchev–Trinajstić information content (AvgIpc) is 2.73. The third-order valence-electron chi connectivity index (χ3n) is 1.16. The van der Waals surface area contributed by atoms with Crippen LogP contribution in [0.5, 0.6) is 0 Å². The van der Waals surface area contributed by atoms with E-state index in [1.165, 1.54) is 5.56 Å². The van der Waals surface area contributed by atoms with Gasteiger partial charge < -0.3 is 16.0 Å². The summed E-state index contributed by atoms with van der Waals surface area (Å²) in [6.07, 6.45) is 0. The van der Waals surface area contributed by atoms with Crippen molar-refractivity contribution < 1.29 is 26.2 Å². The molecule has 0 bridgehead atoms. The number of hydrogen-bond acceptors (Lipinski definition) is 0. The second-order valence-corrected chi connectivity index (χ2v) is 3.30. The van der Waals surface area contributed by atoms with Gasteiger partial charge in [0, 0.05) is 0 Å². The Morgan fingerprint density at radius 3 is 1.44 bits per heavy atom. The Hall–Kier alpha value is -0.147. The smallest absolute Gasteiger partial charge is 0.668 e. The fraction of sp³-hybridized carbons (Fsp3) is 0.500. The van der Waals surface area contributed by atoms with Crippen molar-refractivity contribution in [2.45, 2.75) is 6.92 Å². The Balaban J connectivity index is -0.0000000840. The van der Waals surface area contributed by atoms with Gasteiger partial charge in [0.1, 0.15) is 0 Å². The summed E-state index contributed by atoms with van der Waals surface area (Å²) < 4.78 is 0. The molecular formula is C14H27N3Zr. The van der Waals surface area contributed by atoms with E-state index < -0.39 is 0 Å². The van der Waals surface area contributed by atoms with Crippen molar-refractivity contribution in [2.24, 2.45) is 0 Å². The zero-order valence-electron chi connectivity index (χ0n) is 12.9. The molecule has 4 heteroatoms. The van der Waals surface area contributed by atoms with Crippen molar-refractivity contribution in [3.8, 4) is 0 Å². The summed E-state index contributed by atoms with van der Waals surface area (Å²) in [5.41, 5.74) is 2.38. The van der Waals surface area contributed by atoms with E-state index in [-0.39, 0.29) is 26.2 Å². The van der Waals surface area contributed by atoms with Crippen molar-refractivity contribution >= 4 is 5.57 Å². The average molecular weight is 329 g/mol. The predicted molar refractivity (Wildman–Crippen MR) is 82.4 cm³/mol. The predicted octanol–water partition coefficient (Wildman–Crippen LogP) is 4.30. The molecule has 0 aliphatic rings. The summed E-state index contributed by atoms with van der Waals surface area (Å²) in [6.45, 7) is 5.81. The summed E-state index contributed by atoms with van der Waals surface area (Å²) in [5, 5.41) is 10.5. The zero-order chi connectivity index (χ0) is 14.1. The summed E-state index contributed by atoms with van der Waals surface area (Å²) in [6, 6.07) is 8.15. The van der Waals surface area contributed by atoms with Crippen LogP contribution in [0.2, 0.25) is 0 Å². The molecule has 0 aromatic heterocycles. The van der Waals surface area contributed by atoms with Gasteiger partial charge in [-0.3, -0.25) is 0 Å². The Morgan fingerprint density at radius 2 is 1.33 bits per heavy atom. The Bertz CT molecular complexity index is 216. The Morgan fingerprint density at radius 1 is 1.00 bits per heavy atom. The summed E-state index contributed by atoms with van der Waals surface area (Å²) in [7, 11) is 10.5. The largest absolute Gasteiger partial charge is 4.00 e. The van der Waals surface area contributed by atoms with E-state index in [9.17, 15) is 0 Å².